The van der Waals surface area contributed by atoms with Crippen LogP contribution in [0.1, 0.15) is 50.2 Å². The van der Waals surface area contributed by atoms with Crippen molar-refractivity contribution in [1.82, 2.24) is 5.32 Å². The number of hydrogen-bond donors (Lipinski definition) is 1. The van der Waals surface area contributed by atoms with E-state index in [9.17, 15) is 9.59 Å². The molecule has 7 heteroatoms. The molecule has 0 spiro atoms. The molecule has 0 radical (unpaired) electrons. The van der Waals surface area contributed by atoms with E-state index >= 15 is 0 Å². The summed E-state index contributed by atoms with van der Waals surface area (Å²) in [5.41, 5.74) is 3.56. The molecule has 2 aliphatic rings. The molecule has 1 aliphatic carbocycles. The molecular weight excluding hydrogens is 466 g/mol. The number of methoxy groups -OCH3 is 2. The summed E-state index contributed by atoms with van der Waals surface area (Å²) in [4.78, 5) is 27.1. The predicted molar refractivity (Wildman–Crippen MR) is 135 cm³/mol. The van der Waals surface area contributed by atoms with Crippen molar-refractivity contribution >= 4 is 23.4 Å². The smallest absolute Gasteiger partial charge is 0.336 e. The van der Waals surface area contributed by atoms with Crippen LogP contribution in [-0.4, -0.2) is 32.1 Å². The number of Topliss-reactive ketones (excluding diaryl/α,β-unsaturated/α-hetero) is 1. The number of halogens is 1. The van der Waals surface area contributed by atoms with Gasteiger partial charge in [0.1, 0.15) is 5.78 Å². The number of esters is 1. The predicted octanol–water partition coefficient (Wildman–Crippen LogP) is 5.53. The monoisotopic (exact) mass is 495 g/mol. The second-order valence-electron chi connectivity index (χ2n) is 9.11. The summed E-state index contributed by atoms with van der Waals surface area (Å²) in [5.74, 6) is -0.653. The van der Waals surface area contributed by atoms with Gasteiger partial charge in [-0.2, -0.15) is 0 Å². The van der Waals surface area contributed by atoms with Crippen molar-refractivity contribution < 1.29 is 23.8 Å². The van der Waals surface area contributed by atoms with E-state index < -0.39 is 17.8 Å². The van der Waals surface area contributed by atoms with Gasteiger partial charge in [-0.05, 0) is 44.5 Å². The molecule has 0 amide bonds. The fourth-order valence-electron chi connectivity index (χ4n) is 5.04. The number of allylic oxidation sites excluding steroid dienone is 3. The van der Waals surface area contributed by atoms with E-state index in [-0.39, 0.29) is 17.8 Å². The molecule has 0 bridgehead atoms. The van der Waals surface area contributed by atoms with Crippen LogP contribution in [0.4, 0.5) is 0 Å². The van der Waals surface area contributed by atoms with E-state index in [1.165, 1.54) is 0 Å². The number of hydrogen-bond acceptors (Lipinski definition) is 6. The maximum Gasteiger partial charge on any atom is 0.336 e. The zero-order valence-electron chi connectivity index (χ0n) is 20.6. The summed E-state index contributed by atoms with van der Waals surface area (Å²) in [6.07, 6.45) is 2.10. The van der Waals surface area contributed by atoms with Crippen molar-refractivity contribution in [3.8, 4) is 11.5 Å². The van der Waals surface area contributed by atoms with E-state index in [2.05, 4.69) is 11.4 Å². The lowest BCUT2D eigenvalue weighted by atomic mass is 9.68. The van der Waals surface area contributed by atoms with Gasteiger partial charge in [-0.1, -0.05) is 41.9 Å². The molecule has 0 saturated carbocycles. The van der Waals surface area contributed by atoms with Gasteiger partial charge in [-0.25, -0.2) is 4.79 Å². The van der Waals surface area contributed by atoms with Gasteiger partial charge in [0.25, 0.3) is 0 Å². The Morgan fingerprint density at radius 2 is 1.77 bits per heavy atom. The minimum Gasteiger partial charge on any atom is -0.493 e. The van der Waals surface area contributed by atoms with E-state index in [0.717, 1.165) is 11.3 Å². The highest BCUT2D eigenvalue weighted by Gasteiger charge is 2.46. The average molecular weight is 496 g/mol. The highest BCUT2D eigenvalue weighted by Crippen LogP contribution is 2.50. The molecule has 0 aromatic heterocycles. The molecule has 1 aliphatic heterocycles. The minimum absolute atomic E-state index is 0.0344. The number of ether oxygens (including phenoxy) is 3. The molecule has 3 unspecified atom stereocenters. The van der Waals surface area contributed by atoms with Crippen LogP contribution in [0.3, 0.4) is 0 Å². The van der Waals surface area contributed by atoms with Crippen LogP contribution >= 0.6 is 11.6 Å². The molecule has 1 heterocycles. The van der Waals surface area contributed by atoms with Gasteiger partial charge in [0.2, 0.25) is 0 Å². The Labute approximate surface area is 210 Å². The van der Waals surface area contributed by atoms with E-state index in [1.54, 1.807) is 34.1 Å². The summed E-state index contributed by atoms with van der Waals surface area (Å²) in [5, 5.41) is 4.00. The van der Waals surface area contributed by atoms with E-state index in [1.807, 2.05) is 43.3 Å². The second-order valence-corrected chi connectivity index (χ2v) is 9.54. The van der Waals surface area contributed by atoms with Crippen molar-refractivity contribution in [3.05, 3.63) is 81.7 Å². The standard InChI is InChI=1S/C28H30ClNO5/c1-15(2)35-28(32)24-16(3)30-21-13-18(17-9-11-19(29)12-10-17)14-22(31)26(21)25(24)20-7-6-8-23(33-4)27(20)34-5/h6-13,15,18,25-26,30H,14H2,1-5H3. The molecule has 35 heavy (non-hydrogen) atoms. The maximum atomic E-state index is 13.8. The number of rotatable bonds is 6. The highest BCUT2D eigenvalue weighted by molar-refractivity contribution is 6.30. The molecular formula is C28H30ClNO5. The fraction of sp³-hybridized carbons (Fsp3) is 0.357. The van der Waals surface area contributed by atoms with Gasteiger partial charge in [-0.3, -0.25) is 4.79 Å². The van der Waals surface area contributed by atoms with Gasteiger partial charge in [0.05, 0.1) is 31.8 Å². The van der Waals surface area contributed by atoms with Crippen LogP contribution in [-0.2, 0) is 14.3 Å². The summed E-state index contributed by atoms with van der Waals surface area (Å²) in [6, 6.07) is 13.1. The summed E-state index contributed by atoms with van der Waals surface area (Å²) in [6.45, 7) is 5.45. The van der Waals surface area contributed by atoms with Crippen molar-refractivity contribution in [2.75, 3.05) is 14.2 Å². The van der Waals surface area contributed by atoms with Crippen LogP contribution in [0.2, 0.25) is 5.02 Å². The maximum absolute atomic E-state index is 13.8. The Morgan fingerprint density at radius 3 is 2.40 bits per heavy atom. The highest BCUT2D eigenvalue weighted by atomic mass is 35.5. The normalized spacial score (nSPS) is 21.7. The minimum atomic E-state index is -0.586. The lowest BCUT2D eigenvalue weighted by molar-refractivity contribution is -0.143. The van der Waals surface area contributed by atoms with Gasteiger partial charge in [-0.15, -0.1) is 0 Å². The van der Waals surface area contributed by atoms with Crippen molar-refractivity contribution in [1.29, 1.82) is 0 Å². The van der Waals surface area contributed by atoms with Crippen LogP contribution < -0.4 is 14.8 Å². The Bertz CT molecular complexity index is 1200. The van der Waals surface area contributed by atoms with Crippen molar-refractivity contribution in [3.63, 3.8) is 0 Å². The van der Waals surface area contributed by atoms with Gasteiger partial charge >= 0.3 is 5.97 Å². The van der Waals surface area contributed by atoms with Crippen molar-refractivity contribution in [2.24, 2.45) is 5.92 Å². The Morgan fingerprint density at radius 1 is 1.06 bits per heavy atom. The van der Waals surface area contributed by atoms with Crippen LogP contribution in [0, 0.1) is 5.92 Å². The zero-order chi connectivity index (χ0) is 25.3. The zero-order valence-corrected chi connectivity index (χ0v) is 21.3. The number of carbonyl (C=O) groups is 2. The number of para-hydroxylation sites is 1. The van der Waals surface area contributed by atoms with Crippen LogP contribution in [0.25, 0.3) is 0 Å². The van der Waals surface area contributed by atoms with Gasteiger partial charge < -0.3 is 19.5 Å². The molecule has 6 nitrogen and oxygen atoms in total. The Kier molecular flexibility index (Phi) is 7.22. The van der Waals surface area contributed by atoms with Gasteiger partial charge in [0, 0.05) is 40.2 Å². The number of ketones is 1. The first kappa shape index (κ1) is 24.9. The third-order valence-electron chi connectivity index (χ3n) is 6.49. The average Bonchev–Trinajstić information content (AvgIpc) is 2.82. The van der Waals surface area contributed by atoms with Crippen LogP contribution in [0.5, 0.6) is 11.5 Å². The van der Waals surface area contributed by atoms with E-state index in [0.29, 0.717) is 39.8 Å². The Hall–Kier alpha value is -3.25. The molecule has 1 N–H and O–H groups in total. The Balaban J connectivity index is 1.88. The summed E-state index contributed by atoms with van der Waals surface area (Å²) < 4.78 is 16.8. The third kappa shape index (κ3) is 4.80. The largest absolute Gasteiger partial charge is 0.493 e. The third-order valence-corrected chi connectivity index (χ3v) is 6.75. The first-order chi connectivity index (χ1) is 16.7. The molecule has 0 fully saturated rings. The first-order valence-electron chi connectivity index (χ1n) is 11.6. The number of carbonyl (C=O) groups excluding carboxylic acids is 2. The van der Waals surface area contributed by atoms with E-state index in [4.69, 9.17) is 25.8 Å². The lowest BCUT2D eigenvalue weighted by Crippen LogP contribution is -2.42. The molecule has 4 rings (SSSR count). The summed E-state index contributed by atoms with van der Waals surface area (Å²) >= 11 is 6.06. The van der Waals surface area contributed by atoms with Crippen molar-refractivity contribution in [2.45, 2.75) is 45.1 Å². The molecule has 3 atom stereocenters. The topological polar surface area (TPSA) is 73.9 Å². The number of fused-ring (bicyclic) bond motifs is 1. The quantitative estimate of drug-likeness (QED) is 0.531. The first-order valence-corrected chi connectivity index (χ1v) is 12.0. The lowest BCUT2D eigenvalue weighted by Gasteiger charge is -2.40. The number of benzene rings is 2. The molecule has 0 saturated heterocycles. The molecule has 184 valence electrons. The van der Waals surface area contributed by atoms with Gasteiger partial charge in [0.15, 0.2) is 11.5 Å². The van der Waals surface area contributed by atoms with Crippen LogP contribution in [0.15, 0.2) is 65.5 Å². The number of nitrogens with one attached hydrogen (secondary N) is 1. The second kappa shape index (κ2) is 10.2. The SMILES string of the molecule is COc1cccc(C2C(C(=O)OC(C)C)=C(C)NC3=CC(c4ccc(Cl)cc4)CC(=O)C32)c1OC. The molecule has 2 aromatic rings. The summed E-state index contributed by atoms with van der Waals surface area (Å²) in [7, 11) is 3.12. The fourth-order valence-corrected chi connectivity index (χ4v) is 5.16. The molecule has 2 aromatic carbocycles.